The number of ketones is 2. The van der Waals surface area contributed by atoms with Crippen molar-refractivity contribution in [1.29, 1.82) is 0 Å². The first-order valence-electron chi connectivity index (χ1n) is 4.98. The molecule has 0 saturated carbocycles. The van der Waals surface area contributed by atoms with E-state index < -0.39 is 0 Å². The lowest BCUT2D eigenvalue weighted by molar-refractivity contribution is -0.117. The van der Waals surface area contributed by atoms with E-state index in [1.54, 1.807) is 19.1 Å². The van der Waals surface area contributed by atoms with Crippen molar-refractivity contribution in [3.63, 3.8) is 0 Å². The van der Waals surface area contributed by atoms with Gasteiger partial charge in [-0.25, -0.2) is 0 Å². The van der Waals surface area contributed by atoms with Gasteiger partial charge in [-0.2, -0.15) is 0 Å². The first-order chi connectivity index (χ1) is 7.52. The summed E-state index contributed by atoms with van der Waals surface area (Å²) in [4.78, 5) is 20.9. The predicted octanol–water partition coefficient (Wildman–Crippen LogP) is 2.66. The zero-order valence-electron chi connectivity index (χ0n) is 9.32. The summed E-state index contributed by atoms with van der Waals surface area (Å²) in [5.74, 6) is 0.271. The van der Waals surface area contributed by atoms with Crippen LogP contribution >= 0.6 is 0 Å². The van der Waals surface area contributed by atoms with Crippen molar-refractivity contribution >= 4 is 11.6 Å². The molecule has 2 rings (SSSR count). The minimum absolute atomic E-state index is 0.00926. The molecule has 0 aromatic carbocycles. The molecule has 1 heterocycles. The van der Waals surface area contributed by atoms with Crippen LogP contribution in [0.25, 0.3) is 0 Å². The molecule has 86 valence electrons. The number of Topliss-reactive ketones (excluding diaryl/α,β-unsaturated/α-hetero) is 2. The number of rotatable bonds is 1. The van der Waals surface area contributed by atoms with Crippen molar-refractivity contribution in [3.05, 3.63) is 35.5 Å². The predicted molar refractivity (Wildman–Crippen MR) is 58.3 cm³/mol. The van der Waals surface area contributed by atoms with E-state index in [2.05, 4.69) is 0 Å². The Morgan fingerprint density at radius 2 is 2.12 bits per heavy atom. The fourth-order valence-electron chi connectivity index (χ4n) is 1.25. The summed E-state index contributed by atoms with van der Waals surface area (Å²) < 4.78 is 4.75. The molecule has 0 amide bonds. The van der Waals surface area contributed by atoms with Gasteiger partial charge in [-0.1, -0.05) is 0 Å². The van der Waals surface area contributed by atoms with Crippen molar-refractivity contribution in [2.75, 3.05) is 0 Å². The minimum atomic E-state index is -0.109. The van der Waals surface area contributed by atoms with Crippen molar-refractivity contribution < 1.29 is 19.1 Å². The van der Waals surface area contributed by atoms with Crippen LogP contribution in [0.15, 0.2) is 34.1 Å². The molecule has 0 aliphatic heterocycles. The van der Waals surface area contributed by atoms with Crippen LogP contribution in [0.5, 0.6) is 0 Å². The van der Waals surface area contributed by atoms with Crippen molar-refractivity contribution in [1.82, 2.24) is 0 Å². The Hall–Kier alpha value is -1.84. The molecule has 1 aromatic rings. The van der Waals surface area contributed by atoms with Crippen LogP contribution in [-0.2, 0) is 4.79 Å². The van der Waals surface area contributed by atoms with Crippen LogP contribution in [0.3, 0.4) is 0 Å². The average Bonchev–Trinajstić information content (AvgIpc) is 2.86. The number of hydrogen-bond acceptors (Lipinski definition) is 4. The first kappa shape index (κ1) is 12.2. The molecular weight excluding hydrogens is 208 g/mol. The van der Waals surface area contributed by atoms with E-state index in [0.717, 1.165) is 12.0 Å². The Balaban J connectivity index is 0.000000160. The van der Waals surface area contributed by atoms with Crippen LogP contribution in [-0.4, -0.2) is 16.7 Å². The summed E-state index contributed by atoms with van der Waals surface area (Å²) in [7, 11) is 0. The quantitative estimate of drug-likeness (QED) is 0.742. The first-order valence-corrected chi connectivity index (χ1v) is 4.98. The number of carbonyl (C=O) groups is 2. The highest BCUT2D eigenvalue weighted by molar-refractivity contribution is 5.96. The van der Waals surface area contributed by atoms with E-state index >= 15 is 0 Å². The summed E-state index contributed by atoms with van der Waals surface area (Å²) in [6.07, 6.45) is 2.72. The van der Waals surface area contributed by atoms with E-state index in [4.69, 9.17) is 9.52 Å². The Bertz CT molecular complexity index is 412. The highest BCUT2D eigenvalue weighted by atomic mass is 16.3. The smallest absolute Gasteiger partial charge is 0.197 e. The Kier molecular flexibility index (Phi) is 4.05. The molecule has 16 heavy (non-hydrogen) atoms. The van der Waals surface area contributed by atoms with Crippen LogP contribution < -0.4 is 0 Å². The van der Waals surface area contributed by atoms with Gasteiger partial charge < -0.3 is 9.52 Å². The van der Waals surface area contributed by atoms with Gasteiger partial charge in [0.25, 0.3) is 0 Å². The molecule has 0 spiro atoms. The molecule has 0 saturated heterocycles. The number of allylic oxidation sites excluding steroid dienone is 2. The monoisotopic (exact) mass is 222 g/mol. The number of hydrogen-bond donors (Lipinski definition) is 1. The van der Waals surface area contributed by atoms with Gasteiger partial charge in [0.1, 0.15) is 0 Å². The van der Waals surface area contributed by atoms with Crippen molar-refractivity contribution in [2.24, 2.45) is 0 Å². The number of furan rings is 1. The third-order valence-electron chi connectivity index (χ3n) is 2.26. The van der Waals surface area contributed by atoms with Gasteiger partial charge >= 0.3 is 0 Å². The highest BCUT2D eigenvalue weighted by Gasteiger charge is 2.17. The van der Waals surface area contributed by atoms with Crippen LogP contribution in [0, 0.1) is 0 Å². The maximum absolute atomic E-state index is 10.5. The third-order valence-corrected chi connectivity index (χ3v) is 2.26. The van der Waals surface area contributed by atoms with Crippen molar-refractivity contribution in [2.45, 2.75) is 26.7 Å². The lowest BCUT2D eigenvalue weighted by Crippen LogP contribution is -1.92. The standard InChI is InChI=1S/C6H6O2.C6H8O2/c1-5(7)6-3-2-4-8-6;1-4-2-3-5(7)6(4)8/h2-4H,1H3;8H,2-3H2,1H3. The van der Waals surface area contributed by atoms with E-state index in [1.165, 1.54) is 13.2 Å². The molecule has 0 atom stereocenters. The fraction of sp³-hybridized carbons (Fsp3) is 0.333. The van der Waals surface area contributed by atoms with E-state index in [9.17, 15) is 9.59 Å². The van der Waals surface area contributed by atoms with Gasteiger partial charge in [0.05, 0.1) is 6.26 Å². The summed E-state index contributed by atoms with van der Waals surface area (Å²) in [6, 6.07) is 3.33. The molecule has 1 aromatic heterocycles. The van der Waals surface area contributed by atoms with Gasteiger partial charge in [-0.3, -0.25) is 9.59 Å². The maximum Gasteiger partial charge on any atom is 0.197 e. The van der Waals surface area contributed by atoms with E-state index in [0.29, 0.717) is 12.2 Å². The second-order valence-corrected chi connectivity index (χ2v) is 3.59. The lowest BCUT2D eigenvalue weighted by Gasteiger charge is -1.85. The maximum atomic E-state index is 10.5. The summed E-state index contributed by atoms with van der Waals surface area (Å²) in [6.45, 7) is 3.25. The average molecular weight is 222 g/mol. The lowest BCUT2D eigenvalue weighted by atomic mass is 10.3. The van der Waals surface area contributed by atoms with Gasteiger partial charge in [0.2, 0.25) is 0 Å². The number of aliphatic hydroxyl groups excluding tert-OH is 1. The normalized spacial score (nSPS) is 14.8. The molecule has 0 unspecified atom stereocenters. The molecule has 1 aliphatic carbocycles. The van der Waals surface area contributed by atoms with Crippen LogP contribution in [0.2, 0.25) is 0 Å². The largest absolute Gasteiger partial charge is 0.504 e. The fourth-order valence-corrected chi connectivity index (χ4v) is 1.25. The molecular formula is C12H14O4. The second kappa shape index (κ2) is 5.30. The summed E-state index contributed by atoms with van der Waals surface area (Å²) in [5, 5.41) is 8.80. The molecule has 0 fully saturated rings. The van der Waals surface area contributed by atoms with Crippen LogP contribution in [0.4, 0.5) is 0 Å². The molecule has 1 N–H and O–H groups in total. The molecule has 4 nitrogen and oxygen atoms in total. The topological polar surface area (TPSA) is 67.5 Å². The second-order valence-electron chi connectivity index (χ2n) is 3.59. The Morgan fingerprint density at radius 3 is 2.31 bits per heavy atom. The third kappa shape index (κ3) is 3.08. The van der Waals surface area contributed by atoms with E-state index in [-0.39, 0.29) is 17.3 Å². The molecule has 0 radical (unpaired) electrons. The van der Waals surface area contributed by atoms with Crippen LogP contribution in [0.1, 0.15) is 37.2 Å². The molecule has 1 aliphatic rings. The van der Waals surface area contributed by atoms with Gasteiger partial charge in [0.15, 0.2) is 23.1 Å². The molecule has 4 heteroatoms. The van der Waals surface area contributed by atoms with Crippen molar-refractivity contribution in [3.8, 4) is 0 Å². The number of aliphatic hydroxyl groups is 1. The molecule has 0 bridgehead atoms. The summed E-state index contributed by atoms with van der Waals surface area (Å²) >= 11 is 0. The van der Waals surface area contributed by atoms with Gasteiger partial charge in [0, 0.05) is 13.3 Å². The Labute approximate surface area is 93.6 Å². The number of carbonyl (C=O) groups excluding carboxylic acids is 2. The van der Waals surface area contributed by atoms with Gasteiger partial charge in [-0.15, -0.1) is 0 Å². The summed E-state index contributed by atoms with van der Waals surface area (Å²) in [5.41, 5.74) is 0.829. The Morgan fingerprint density at radius 1 is 1.44 bits per heavy atom. The van der Waals surface area contributed by atoms with Gasteiger partial charge in [-0.05, 0) is 31.1 Å². The zero-order valence-corrected chi connectivity index (χ0v) is 9.32. The zero-order chi connectivity index (χ0) is 12.1. The SMILES string of the molecule is CC(=O)c1ccco1.CC1=C(O)C(=O)CC1. The van der Waals surface area contributed by atoms with E-state index in [1.807, 2.05) is 0 Å². The minimum Gasteiger partial charge on any atom is -0.504 e. The highest BCUT2D eigenvalue weighted by Crippen LogP contribution is 2.18.